The van der Waals surface area contributed by atoms with Gasteiger partial charge in [-0.3, -0.25) is 4.79 Å². The van der Waals surface area contributed by atoms with Gasteiger partial charge >= 0.3 is 0 Å². The fourth-order valence-corrected chi connectivity index (χ4v) is 1.89. The third kappa shape index (κ3) is 2.85. The third-order valence-electron chi connectivity index (χ3n) is 3.44. The highest BCUT2D eigenvalue weighted by molar-refractivity contribution is 6.01. The van der Waals surface area contributed by atoms with E-state index < -0.39 is 5.54 Å². The van der Waals surface area contributed by atoms with Gasteiger partial charge in [0.05, 0.1) is 5.54 Å². The molecule has 4 heteroatoms. The van der Waals surface area contributed by atoms with E-state index in [1.165, 1.54) is 5.56 Å². The van der Waals surface area contributed by atoms with Gasteiger partial charge in [0.1, 0.15) is 0 Å². The van der Waals surface area contributed by atoms with Crippen molar-refractivity contribution < 1.29 is 4.79 Å². The SMILES string of the molecule is CC(C)c1cccc(N(C)C(=O)C2(N)CC2)c1.Cl. The summed E-state index contributed by atoms with van der Waals surface area (Å²) in [6.45, 7) is 4.29. The van der Waals surface area contributed by atoms with Crippen molar-refractivity contribution in [2.45, 2.75) is 38.1 Å². The second kappa shape index (κ2) is 5.29. The quantitative estimate of drug-likeness (QED) is 0.916. The molecule has 3 nitrogen and oxygen atoms in total. The number of nitrogens with two attached hydrogens (primary N) is 1. The molecule has 0 bridgehead atoms. The minimum atomic E-state index is -0.595. The summed E-state index contributed by atoms with van der Waals surface area (Å²) in [7, 11) is 1.80. The largest absolute Gasteiger partial charge is 0.317 e. The van der Waals surface area contributed by atoms with Crippen molar-refractivity contribution in [1.29, 1.82) is 0 Å². The lowest BCUT2D eigenvalue weighted by molar-refractivity contribution is -0.120. The van der Waals surface area contributed by atoms with Crippen LogP contribution >= 0.6 is 12.4 Å². The van der Waals surface area contributed by atoms with Gasteiger partial charge in [-0.25, -0.2) is 0 Å². The summed E-state index contributed by atoms with van der Waals surface area (Å²) in [5, 5.41) is 0. The fraction of sp³-hybridized carbons (Fsp3) is 0.500. The molecule has 2 rings (SSSR count). The average Bonchev–Trinajstić information content (AvgIpc) is 3.07. The van der Waals surface area contributed by atoms with Crippen LogP contribution in [0.1, 0.15) is 38.2 Å². The molecule has 2 N–H and O–H groups in total. The van der Waals surface area contributed by atoms with E-state index in [1.54, 1.807) is 11.9 Å². The lowest BCUT2D eigenvalue weighted by Crippen LogP contribution is -2.43. The minimum Gasteiger partial charge on any atom is -0.317 e. The summed E-state index contributed by atoms with van der Waals surface area (Å²) in [5.41, 5.74) is 7.51. The van der Waals surface area contributed by atoms with Gasteiger partial charge in [-0.2, -0.15) is 0 Å². The van der Waals surface area contributed by atoms with E-state index in [9.17, 15) is 4.79 Å². The fourth-order valence-electron chi connectivity index (χ4n) is 1.89. The Bertz CT molecular complexity index is 441. The summed E-state index contributed by atoms with van der Waals surface area (Å²) in [5.74, 6) is 0.490. The highest BCUT2D eigenvalue weighted by atomic mass is 35.5. The molecule has 1 aromatic rings. The zero-order valence-electron chi connectivity index (χ0n) is 11.1. The van der Waals surface area contributed by atoms with Gasteiger partial charge in [-0.1, -0.05) is 26.0 Å². The van der Waals surface area contributed by atoms with Gasteiger partial charge in [0, 0.05) is 12.7 Å². The number of hydrogen-bond donors (Lipinski definition) is 1. The van der Waals surface area contributed by atoms with Gasteiger partial charge in [-0.05, 0) is 36.5 Å². The van der Waals surface area contributed by atoms with E-state index in [2.05, 4.69) is 26.0 Å². The summed E-state index contributed by atoms with van der Waals surface area (Å²) < 4.78 is 0. The van der Waals surface area contributed by atoms with E-state index >= 15 is 0 Å². The summed E-state index contributed by atoms with van der Waals surface area (Å²) in [4.78, 5) is 13.8. The van der Waals surface area contributed by atoms with Crippen molar-refractivity contribution in [3.63, 3.8) is 0 Å². The van der Waals surface area contributed by atoms with Crippen LogP contribution in [0.3, 0.4) is 0 Å². The first-order valence-electron chi connectivity index (χ1n) is 6.11. The number of carbonyl (C=O) groups excluding carboxylic acids is 1. The Morgan fingerprint density at radius 2 is 2.00 bits per heavy atom. The van der Waals surface area contributed by atoms with Crippen molar-refractivity contribution in [3.05, 3.63) is 29.8 Å². The second-order valence-corrected chi connectivity index (χ2v) is 5.27. The van der Waals surface area contributed by atoms with E-state index in [0.29, 0.717) is 5.92 Å². The smallest absolute Gasteiger partial charge is 0.246 e. The standard InChI is InChI=1S/C14H20N2O.ClH/c1-10(2)11-5-4-6-12(9-11)16(3)13(17)14(15)7-8-14;/h4-6,9-10H,7-8,15H2,1-3H3;1H. The molecule has 1 aromatic carbocycles. The van der Waals surface area contributed by atoms with Gasteiger partial charge < -0.3 is 10.6 Å². The Labute approximate surface area is 115 Å². The maximum Gasteiger partial charge on any atom is 0.246 e. The molecule has 18 heavy (non-hydrogen) atoms. The monoisotopic (exact) mass is 268 g/mol. The van der Waals surface area contributed by atoms with E-state index in [1.807, 2.05) is 12.1 Å². The van der Waals surface area contributed by atoms with Crippen LogP contribution in [0.4, 0.5) is 5.69 Å². The molecular weight excluding hydrogens is 248 g/mol. The molecule has 0 spiro atoms. The Morgan fingerprint density at radius 1 is 1.39 bits per heavy atom. The van der Waals surface area contributed by atoms with Crippen LogP contribution in [0.2, 0.25) is 0 Å². The van der Waals surface area contributed by atoms with Crippen LogP contribution in [0.15, 0.2) is 24.3 Å². The Kier molecular flexibility index (Phi) is 4.41. The maximum atomic E-state index is 12.1. The summed E-state index contributed by atoms with van der Waals surface area (Å²) in [6.07, 6.45) is 1.61. The first-order valence-corrected chi connectivity index (χ1v) is 6.11. The molecule has 0 aromatic heterocycles. The zero-order valence-corrected chi connectivity index (χ0v) is 12.0. The molecule has 1 fully saturated rings. The molecule has 1 aliphatic carbocycles. The second-order valence-electron chi connectivity index (χ2n) is 5.27. The van der Waals surface area contributed by atoms with Crippen LogP contribution in [0.25, 0.3) is 0 Å². The first kappa shape index (κ1) is 15.0. The zero-order chi connectivity index (χ0) is 12.6. The molecular formula is C14H21ClN2O. The van der Waals surface area contributed by atoms with E-state index in [-0.39, 0.29) is 18.3 Å². The van der Waals surface area contributed by atoms with Crippen molar-refractivity contribution in [2.75, 3.05) is 11.9 Å². The van der Waals surface area contributed by atoms with Gasteiger partial charge in [0.25, 0.3) is 0 Å². The number of nitrogens with zero attached hydrogens (tertiary/aromatic N) is 1. The number of anilines is 1. The predicted octanol–water partition coefficient (Wildman–Crippen LogP) is 2.69. The first-order chi connectivity index (χ1) is 7.94. The maximum absolute atomic E-state index is 12.1. The van der Waals surface area contributed by atoms with Crippen LogP contribution in [0.5, 0.6) is 0 Å². The van der Waals surface area contributed by atoms with Crippen LogP contribution in [-0.2, 0) is 4.79 Å². The third-order valence-corrected chi connectivity index (χ3v) is 3.44. The molecule has 100 valence electrons. The van der Waals surface area contributed by atoms with Crippen molar-refractivity contribution in [1.82, 2.24) is 0 Å². The van der Waals surface area contributed by atoms with Crippen LogP contribution in [0, 0.1) is 0 Å². The number of hydrogen-bond acceptors (Lipinski definition) is 2. The molecule has 1 saturated carbocycles. The number of carbonyl (C=O) groups is 1. The lowest BCUT2D eigenvalue weighted by Gasteiger charge is -2.22. The number of likely N-dealkylation sites (N-methyl/N-ethyl adjacent to an activating group) is 1. The molecule has 0 atom stereocenters. The topological polar surface area (TPSA) is 46.3 Å². The Morgan fingerprint density at radius 3 is 2.50 bits per heavy atom. The molecule has 0 heterocycles. The molecule has 0 aliphatic heterocycles. The number of halogens is 1. The Balaban J connectivity index is 0.00000162. The number of benzene rings is 1. The van der Waals surface area contributed by atoms with E-state index in [0.717, 1.165) is 18.5 Å². The summed E-state index contributed by atoms with van der Waals surface area (Å²) in [6, 6.07) is 8.09. The normalized spacial score (nSPS) is 16.1. The Hall–Kier alpha value is -1.06. The van der Waals surface area contributed by atoms with Gasteiger partial charge in [0.2, 0.25) is 5.91 Å². The summed E-state index contributed by atoms with van der Waals surface area (Å²) >= 11 is 0. The van der Waals surface area contributed by atoms with Gasteiger partial charge in [-0.15, -0.1) is 12.4 Å². The molecule has 0 radical (unpaired) electrons. The molecule has 1 aliphatic rings. The number of rotatable bonds is 3. The minimum absolute atomic E-state index is 0. The van der Waals surface area contributed by atoms with Crippen LogP contribution < -0.4 is 10.6 Å². The highest BCUT2D eigenvalue weighted by Crippen LogP contribution is 2.35. The van der Waals surface area contributed by atoms with Crippen molar-refractivity contribution in [3.8, 4) is 0 Å². The van der Waals surface area contributed by atoms with Gasteiger partial charge in [0.15, 0.2) is 0 Å². The molecule has 0 unspecified atom stereocenters. The number of amides is 1. The van der Waals surface area contributed by atoms with Crippen molar-refractivity contribution in [2.24, 2.45) is 5.73 Å². The predicted molar refractivity (Wildman–Crippen MR) is 77.3 cm³/mol. The average molecular weight is 269 g/mol. The van der Waals surface area contributed by atoms with E-state index in [4.69, 9.17) is 5.73 Å². The van der Waals surface area contributed by atoms with Crippen LogP contribution in [-0.4, -0.2) is 18.5 Å². The van der Waals surface area contributed by atoms with Crippen molar-refractivity contribution >= 4 is 24.0 Å². The molecule has 1 amide bonds. The molecule has 0 saturated heterocycles. The lowest BCUT2D eigenvalue weighted by atomic mass is 10.0. The highest BCUT2D eigenvalue weighted by Gasteiger charge is 2.47.